The number of aryl methyl sites for hydroxylation is 2. The Hall–Kier alpha value is -1.80. The van der Waals surface area contributed by atoms with E-state index < -0.39 is 0 Å². The van der Waals surface area contributed by atoms with Gasteiger partial charge in [0.1, 0.15) is 16.6 Å². The first-order valence-corrected chi connectivity index (χ1v) is 9.70. The second-order valence-electron chi connectivity index (χ2n) is 6.01. The van der Waals surface area contributed by atoms with Gasteiger partial charge in [-0.3, -0.25) is 4.79 Å². The molecule has 0 radical (unpaired) electrons. The summed E-state index contributed by atoms with van der Waals surface area (Å²) in [4.78, 5) is 23.3. The number of nitrogens with one attached hydrogen (secondary N) is 1. The second-order valence-corrected chi connectivity index (χ2v) is 7.57. The second kappa shape index (κ2) is 8.05. The van der Waals surface area contributed by atoms with E-state index in [1.165, 1.54) is 11.3 Å². The lowest BCUT2D eigenvalue weighted by Gasteiger charge is -2.35. The molecule has 1 saturated heterocycles. The van der Waals surface area contributed by atoms with E-state index in [2.05, 4.69) is 25.5 Å². The SMILES string of the molecule is Cc1nc(Nc2nnc(C)s2)cc(C2CCCCN2C(=O)CCCl)n1. The van der Waals surface area contributed by atoms with Crippen molar-refractivity contribution >= 4 is 39.8 Å². The van der Waals surface area contributed by atoms with E-state index in [0.29, 0.717) is 29.1 Å². The predicted octanol–water partition coefficient (Wildman–Crippen LogP) is 3.37. The van der Waals surface area contributed by atoms with E-state index in [-0.39, 0.29) is 11.9 Å². The van der Waals surface area contributed by atoms with Gasteiger partial charge in [0.15, 0.2) is 0 Å². The first-order chi connectivity index (χ1) is 12.1. The number of likely N-dealkylation sites (tertiary alicyclic amines) is 1. The van der Waals surface area contributed by atoms with Crippen LogP contribution < -0.4 is 5.32 Å². The number of rotatable bonds is 5. The van der Waals surface area contributed by atoms with Crippen LogP contribution in [0.25, 0.3) is 0 Å². The molecule has 0 spiro atoms. The zero-order valence-electron chi connectivity index (χ0n) is 14.3. The molecule has 1 unspecified atom stereocenters. The van der Waals surface area contributed by atoms with E-state index >= 15 is 0 Å². The molecule has 0 aromatic carbocycles. The number of aromatic nitrogens is 4. The molecule has 7 nitrogen and oxygen atoms in total. The fraction of sp³-hybridized carbons (Fsp3) is 0.562. The van der Waals surface area contributed by atoms with E-state index in [1.54, 1.807) is 0 Å². The summed E-state index contributed by atoms with van der Waals surface area (Å²) in [5.74, 6) is 1.77. The third-order valence-electron chi connectivity index (χ3n) is 4.09. The molecule has 1 aliphatic heterocycles. The summed E-state index contributed by atoms with van der Waals surface area (Å²) in [6, 6.07) is 1.88. The molecule has 1 fully saturated rings. The number of carbonyl (C=O) groups is 1. The molecule has 3 heterocycles. The van der Waals surface area contributed by atoms with Gasteiger partial charge < -0.3 is 10.2 Å². The lowest BCUT2D eigenvalue weighted by atomic mass is 9.98. The Balaban J connectivity index is 1.85. The van der Waals surface area contributed by atoms with Gasteiger partial charge in [-0.25, -0.2) is 9.97 Å². The van der Waals surface area contributed by atoms with Crippen LogP contribution in [0.1, 0.15) is 48.3 Å². The molecule has 3 rings (SSSR count). The fourth-order valence-electron chi connectivity index (χ4n) is 3.04. The standard InChI is InChI=1S/C16H21ClN6OS/c1-10-18-12(9-14(19-10)20-16-22-21-11(2)25-16)13-5-3-4-8-23(13)15(24)6-7-17/h9,13H,3-8H2,1-2H3,(H,18,19,20,22). The van der Waals surface area contributed by atoms with Crippen LogP contribution >= 0.6 is 22.9 Å². The van der Waals surface area contributed by atoms with Crippen LogP contribution in [0.2, 0.25) is 0 Å². The number of hydrogen-bond donors (Lipinski definition) is 1. The summed E-state index contributed by atoms with van der Waals surface area (Å²) in [5.41, 5.74) is 0.860. The monoisotopic (exact) mass is 380 g/mol. The van der Waals surface area contributed by atoms with Crippen molar-refractivity contribution in [3.63, 3.8) is 0 Å². The van der Waals surface area contributed by atoms with Crippen molar-refractivity contribution in [2.75, 3.05) is 17.7 Å². The average molecular weight is 381 g/mol. The van der Waals surface area contributed by atoms with Crippen LogP contribution in [0.3, 0.4) is 0 Å². The summed E-state index contributed by atoms with van der Waals surface area (Å²) in [7, 11) is 0. The Labute approximate surface area is 155 Å². The molecular formula is C16H21ClN6OS. The van der Waals surface area contributed by atoms with Crippen molar-refractivity contribution < 1.29 is 4.79 Å². The first-order valence-electron chi connectivity index (χ1n) is 8.35. The van der Waals surface area contributed by atoms with Crippen LogP contribution in [-0.4, -0.2) is 43.4 Å². The topological polar surface area (TPSA) is 83.9 Å². The molecule has 1 atom stereocenters. The molecule has 2 aromatic heterocycles. The molecule has 0 aliphatic carbocycles. The van der Waals surface area contributed by atoms with E-state index in [4.69, 9.17) is 11.6 Å². The van der Waals surface area contributed by atoms with Crippen LogP contribution in [0.4, 0.5) is 10.9 Å². The third kappa shape index (κ3) is 4.43. The van der Waals surface area contributed by atoms with Crippen molar-refractivity contribution in [1.82, 2.24) is 25.1 Å². The lowest BCUT2D eigenvalue weighted by Crippen LogP contribution is -2.39. The van der Waals surface area contributed by atoms with Gasteiger partial charge >= 0.3 is 0 Å². The predicted molar refractivity (Wildman–Crippen MR) is 98.3 cm³/mol. The molecule has 0 saturated carbocycles. The number of alkyl halides is 1. The number of piperidine rings is 1. The zero-order chi connectivity index (χ0) is 17.8. The Bertz CT molecular complexity index is 752. The summed E-state index contributed by atoms with van der Waals surface area (Å²) >= 11 is 7.23. The van der Waals surface area contributed by atoms with Crippen molar-refractivity contribution in [2.24, 2.45) is 0 Å². The number of anilines is 2. The highest BCUT2D eigenvalue weighted by Crippen LogP contribution is 2.32. The van der Waals surface area contributed by atoms with Crippen molar-refractivity contribution in [1.29, 1.82) is 0 Å². The van der Waals surface area contributed by atoms with Gasteiger partial charge in [0.25, 0.3) is 0 Å². The van der Waals surface area contributed by atoms with Gasteiger partial charge in [-0.2, -0.15) is 0 Å². The number of amides is 1. The van der Waals surface area contributed by atoms with Crippen LogP contribution in [-0.2, 0) is 4.79 Å². The lowest BCUT2D eigenvalue weighted by molar-refractivity contribution is -0.134. The Kier molecular flexibility index (Phi) is 5.80. The highest BCUT2D eigenvalue weighted by Gasteiger charge is 2.29. The average Bonchev–Trinajstić information content (AvgIpc) is 2.99. The van der Waals surface area contributed by atoms with Crippen molar-refractivity contribution in [3.8, 4) is 0 Å². The molecule has 25 heavy (non-hydrogen) atoms. The number of carbonyl (C=O) groups excluding carboxylic acids is 1. The molecule has 1 N–H and O–H groups in total. The third-order valence-corrected chi connectivity index (χ3v) is 5.03. The van der Waals surface area contributed by atoms with Crippen LogP contribution in [0, 0.1) is 13.8 Å². The molecule has 9 heteroatoms. The molecule has 1 amide bonds. The van der Waals surface area contributed by atoms with Gasteiger partial charge in [-0.05, 0) is 33.1 Å². The minimum Gasteiger partial charge on any atom is -0.334 e. The van der Waals surface area contributed by atoms with Gasteiger partial charge in [-0.15, -0.1) is 21.8 Å². The zero-order valence-corrected chi connectivity index (χ0v) is 15.9. The maximum Gasteiger partial charge on any atom is 0.224 e. The molecule has 134 valence electrons. The van der Waals surface area contributed by atoms with E-state index in [1.807, 2.05) is 24.8 Å². The van der Waals surface area contributed by atoms with E-state index in [0.717, 1.165) is 36.5 Å². The molecular weight excluding hydrogens is 360 g/mol. The Morgan fingerprint density at radius 2 is 2.20 bits per heavy atom. The van der Waals surface area contributed by atoms with E-state index in [9.17, 15) is 4.79 Å². The van der Waals surface area contributed by atoms with Crippen LogP contribution in [0.5, 0.6) is 0 Å². The highest BCUT2D eigenvalue weighted by molar-refractivity contribution is 7.15. The maximum absolute atomic E-state index is 12.4. The van der Waals surface area contributed by atoms with Gasteiger partial charge in [-0.1, -0.05) is 11.3 Å². The first kappa shape index (κ1) is 18.0. The minimum absolute atomic E-state index is 0.0251. The summed E-state index contributed by atoms with van der Waals surface area (Å²) < 4.78 is 0. The van der Waals surface area contributed by atoms with Gasteiger partial charge in [0, 0.05) is 24.9 Å². The normalized spacial score (nSPS) is 17.6. The summed E-state index contributed by atoms with van der Waals surface area (Å²) in [6.45, 7) is 4.51. The summed E-state index contributed by atoms with van der Waals surface area (Å²) in [6.07, 6.45) is 3.36. The smallest absolute Gasteiger partial charge is 0.224 e. The van der Waals surface area contributed by atoms with Crippen LogP contribution in [0.15, 0.2) is 6.07 Å². The van der Waals surface area contributed by atoms with Crippen molar-refractivity contribution in [2.45, 2.75) is 45.6 Å². The minimum atomic E-state index is -0.0251. The maximum atomic E-state index is 12.4. The Morgan fingerprint density at radius 1 is 1.36 bits per heavy atom. The number of halogens is 1. The van der Waals surface area contributed by atoms with Gasteiger partial charge in [0.05, 0.1) is 11.7 Å². The largest absolute Gasteiger partial charge is 0.334 e. The number of hydrogen-bond acceptors (Lipinski definition) is 7. The molecule has 0 bridgehead atoms. The highest BCUT2D eigenvalue weighted by atomic mass is 35.5. The quantitative estimate of drug-likeness (QED) is 0.800. The van der Waals surface area contributed by atoms with Crippen molar-refractivity contribution in [3.05, 3.63) is 22.6 Å². The number of nitrogens with zero attached hydrogens (tertiary/aromatic N) is 5. The summed E-state index contributed by atoms with van der Waals surface area (Å²) in [5, 5.41) is 12.8. The molecule has 2 aromatic rings. The fourth-order valence-corrected chi connectivity index (χ4v) is 3.80. The van der Waals surface area contributed by atoms with Gasteiger partial charge in [0.2, 0.25) is 11.0 Å². The Morgan fingerprint density at radius 3 is 2.92 bits per heavy atom. The molecule has 1 aliphatic rings.